The number of phenols is 1. The van der Waals surface area contributed by atoms with Crippen LogP contribution in [0.4, 0.5) is 5.69 Å². The van der Waals surface area contributed by atoms with Gasteiger partial charge in [-0.25, -0.2) is 0 Å². The minimum Gasteiger partial charge on any atom is -0.506 e. The quantitative estimate of drug-likeness (QED) is 0.623. The van der Waals surface area contributed by atoms with Crippen LogP contribution in [0.5, 0.6) is 11.5 Å². The summed E-state index contributed by atoms with van der Waals surface area (Å²) in [5.74, 6) is 0.861. The molecule has 0 amide bonds. The Morgan fingerprint density at radius 2 is 1.54 bits per heavy atom. The van der Waals surface area contributed by atoms with E-state index in [0.717, 1.165) is 5.56 Å². The fraction of sp³-hybridized carbons (Fsp3) is 0.143. The first-order valence-electron chi connectivity index (χ1n) is 8.11. The smallest absolute Gasteiger partial charge is 0.146 e. The van der Waals surface area contributed by atoms with Crippen LogP contribution in [0, 0.1) is 0 Å². The number of anilines is 1. The zero-order valence-electron chi connectivity index (χ0n) is 13.7. The third kappa shape index (κ3) is 3.69. The Labute approximate surface area is 142 Å². The van der Waals surface area contributed by atoms with Crippen molar-refractivity contribution in [2.75, 3.05) is 11.9 Å². The van der Waals surface area contributed by atoms with Gasteiger partial charge in [0, 0.05) is 6.54 Å². The van der Waals surface area contributed by atoms with Crippen molar-refractivity contribution in [3.63, 3.8) is 0 Å². The van der Waals surface area contributed by atoms with Gasteiger partial charge in [-0.2, -0.15) is 0 Å². The number of para-hydroxylation sites is 1. The molecule has 0 saturated heterocycles. The van der Waals surface area contributed by atoms with E-state index in [0.29, 0.717) is 24.6 Å². The molecule has 0 bridgehead atoms. The summed E-state index contributed by atoms with van der Waals surface area (Å²) < 4.78 is 5.56. The van der Waals surface area contributed by atoms with Crippen molar-refractivity contribution >= 4 is 5.69 Å². The summed E-state index contributed by atoms with van der Waals surface area (Å²) in [6.07, 6.45) is 0. The molecule has 122 valence electrons. The molecule has 24 heavy (non-hydrogen) atoms. The molecule has 3 aromatic carbocycles. The first kappa shape index (κ1) is 15.9. The Bertz CT molecular complexity index is 783. The van der Waals surface area contributed by atoms with E-state index in [2.05, 4.69) is 41.7 Å². The van der Waals surface area contributed by atoms with Crippen molar-refractivity contribution in [3.05, 3.63) is 78.4 Å². The first-order valence-corrected chi connectivity index (χ1v) is 8.11. The second-order valence-corrected chi connectivity index (χ2v) is 5.50. The number of aromatic hydroxyl groups is 1. The van der Waals surface area contributed by atoms with Crippen molar-refractivity contribution in [1.82, 2.24) is 0 Å². The maximum absolute atomic E-state index is 10.0. The summed E-state index contributed by atoms with van der Waals surface area (Å²) in [6, 6.07) is 24.0. The monoisotopic (exact) mass is 319 g/mol. The van der Waals surface area contributed by atoms with Gasteiger partial charge in [-0.15, -0.1) is 0 Å². The van der Waals surface area contributed by atoms with Gasteiger partial charge >= 0.3 is 0 Å². The molecule has 3 aromatic rings. The van der Waals surface area contributed by atoms with E-state index in [1.807, 2.05) is 31.2 Å². The van der Waals surface area contributed by atoms with E-state index in [9.17, 15) is 5.11 Å². The highest BCUT2D eigenvalue weighted by Crippen LogP contribution is 2.34. The van der Waals surface area contributed by atoms with Crippen molar-refractivity contribution in [2.45, 2.75) is 13.5 Å². The van der Waals surface area contributed by atoms with Gasteiger partial charge < -0.3 is 15.2 Å². The summed E-state index contributed by atoms with van der Waals surface area (Å²) in [7, 11) is 0. The van der Waals surface area contributed by atoms with Crippen LogP contribution in [-0.4, -0.2) is 11.7 Å². The number of nitrogens with one attached hydrogen (secondary N) is 1. The Balaban J connectivity index is 1.72. The van der Waals surface area contributed by atoms with Gasteiger partial charge in [0.2, 0.25) is 0 Å². The molecule has 0 spiro atoms. The number of benzene rings is 3. The molecular weight excluding hydrogens is 298 g/mol. The molecule has 0 radical (unpaired) electrons. The lowest BCUT2D eigenvalue weighted by atomic mass is 10.0. The Morgan fingerprint density at radius 1 is 0.833 bits per heavy atom. The predicted octanol–water partition coefficient (Wildman–Crippen LogP) is 5.07. The number of hydrogen-bond acceptors (Lipinski definition) is 3. The molecule has 0 heterocycles. The normalized spacial score (nSPS) is 10.4. The lowest BCUT2D eigenvalue weighted by Crippen LogP contribution is -2.03. The predicted molar refractivity (Wildman–Crippen MR) is 98.5 cm³/mol. The average molecular weight is 319 g/mol. The highest BCUT2D eigenvalue weighted by Gasteiger charge is 2.08. The number of hydrogen-bond donors (Lipinski definition) is 2. The largest absolute Gasteiger partial charge is 0.506 e. The van der Waals surface area contributed by atoms with Crippen molar-refractivity contribution in [1.29, 1.82) is 0 Å². The molecule has 0 saturated carbocycles. The summed E-state index contributed by atoms with van der Waals surface area (Å²) >= 11 is 0. The van der Waals surface area contributed by atoms with Crippen LogP contribution < -0.4 is 10.1 Å². The van der Waals surface area contributed by atoms with Gasteiger partial charge in [-0.05, 0) is 35.7 Å². The first-order chi connectivity index (χ1) is 11.8. The maximum Gasteiger partial charge on any atom is 0.146 e. The number of ether oxygens (including phenoxy) is 1. The van der Waals surface area contributed by atoms with Crippen LogP contribution in [0.3, 0.4) is 0 Å². The fourth-order valence-electron chi connectivity index (χ4n) is 2.61. The molecule has 3 nitrogen and oxygen atoms in total. The second kappa shape index (κ2) is 7.55. The molecule has 0 atom stereocenters. The lowest BCUT2D eigenvalue weighted by molar-refractivity contribution is 0.339. The average Bonchev–Trinajstić information content (AvgIpc) is 2.63. The highest BCUT2D eigenvalue weighted by molar-refractivity contribution is 5.66. The van der Waals surface area contributed by atoms with Crippen molar-refractivity contribution in [2.24, 2.45) is 0 Å². The second-order valence-electron chi connectivity index (χ2n) is 5.50. The van der Waals surface area contributed by atoms with Crippen LogP contribution in [0.2, 0.25) is 0 Å². The van der Waals surface area contributed by atoms with E-state index >= 15 is 0 Å². The van der Waals surface area contributed by atoms with Crippen molar-refractivity contribution < 1.29 is 9.84 Å². The van der Waals surface area contributed by atoms with Crippen LogP contribution >= 0.6 is 0 Å². The summed E-state index contributed by atoms with van der Waals surface area (Å²) in [6.45, 7) is 3.10. The minimum absolute atomic E-state index is 0.196. The molecule has 0 fully saturated rings. The lowest BCUT2D eigenvalue weighted by Gasteiger charge is -2.14. The van der Waals surface area contributed by atoms with Crippen LogP contribution in [-0.2, 0) is 6.54 Å². The van der Waals surface area contributed by atoms with Crippen LogP contribution in [0.1, 0.15) is 12.5 Å². The summed E-state index contributed by atoms with van der Waals surface area (Å²) in [4.78, 5) is 0. The van der Waals surface area contributed by atoms with Gasteiger partial charge in [0.05, 0.1) is 6.61 Å². The molecule has 0 unspecified atom stereocenters. The van der Waals surface area contributed by atoms with E-state index in [1.165, 1.54) is 11.1 Å². The third-order valence-corrected chi connectivity index (χ3v) is 3.83. The Kier molecular flexibility index (Phi) is 5.02. The van der Waals surface area contributed by atoms with Gasteiger partial charge in [0.15, 0.2) is 0 Å². The van der Waals surface area contributed by atoms with Crippen LogP contribution in [0.15, 0.2) is 72.8 Å². The molecule has 0 aliphatic rings. The zero-order valence-corrected chi connectivity index (χ0v) is 13.7. The Morgan fingerprint density at radius 3 is 2.25 bits per heavy atom. The standard InChI is InChI=1S/C21H21NO2/c1-2-24-20-10-6-9-19(23)21(20)22-15-16-11-13-18(14-12-16)17-7-4-3-5-8-17/h3-14,22-23H,2,15H2,1H3. The summed E-state index contributed by atoms with van der Waals surface area (Å²) in [5.41, 5.74) is 4.17. The molecule has 2 N–H and O–H groups in total. The third-order valence-electron chi connectivity index (χ3n) is 3.83. The van der Waals surface area contributed by atoms with Gasteiger partial charge in [0.1, 0.15) is 17.2 Å². The molecule has 0 aliphatic heterocycles. The molecule has 3 rings (SSSR count). The maximum atomic E-state index is 10.0. The van der Waals surface area contributed by atoms with Crippen molar-refractivity contribution in [3.8, 4) is 22.6 Å². The number of phenolic OH excluding ortho intramolecular Hbond substituents is 1. The van der Waals surface area contributed by atoms with E-state index in [-0.39, 0.29) is 5.75 Å². The summed E-state index contributed by atoms with van der Waals surface area (Å²) in [5, 5.41) is 13.3. The Hall–Kier alpha value is -2.94. The number of rotatable bonds is 6. The molecular formula is C21H21NO2. The highest BCUT2D eigenvalue weighted by atomic mass is 16.5. The molecule has 0 aromatic heterocycles. The van der Waals surface area contributed by atoms with E-state index < -0.39 is 0 Å². The van der Waals surface area contributed by atoms with E-state index in [4.69, 9.17) is 4.74 Å². The topological polar surface area (TPSA) is 41.5 Å². The van der Waals surface area contributed by atoms with Gasteiger partial charge in [0.25, 0.3) is 0 Å². The zero-order chi connectivity index (χ0) is 16.8. The van der Waals surface area contributed by atoms with Crippen LogP contribution in [0.25, 0.3) is 11.1 Å². The fourth-order valence-corrected chi connectivity index (χ4v) is 2.61. The SMILES string of the molecule is CCOc1cccc(O)c1NCc1ccc(-c2ccccc2)cc1. The minimum atomic E-state index is 0.196. The molecule has 0 aliphatic carbocycles. The molecule has 3 heteroatoms. The van der Waals surface area contributed by atoms with Gasteiger partial charge in [-0.1, -0.05) is 60.7 Å². The van der Waals surface area contributed by atoms with Gasteiger partial charge in [-0.3, -0.25) is 0 Å². The van der Waals surface area contributed by atoms with E-state index in [1.54, 1.807) is 12.1 Å².